The van der Waals surface area contributed by atoms with Gasteiger partial charge in [-0.2, -0.15) is 4.31 Å². The zero-order valence-electron chi connectivity index (χ0n) is 14.1. The molecule has 1 aromatic rings. The summed E-state index contributed by atoms with van der Waals surface area (Å²) in [6.45, 7) is 2.93. The van der Waals surface area contributed by atoms with E-state index in [1.165, 1.54) is 16.4 Å². The van der Waals surface area contributed by atoms with Gasteiger partial charge in [0.15, 0.2) is 0 Å². The lowest BCUT2D eigenvalue weighted by Crippen LogP contribution is -2.38. The Kier molecular flexibility index (Phi) is 5.79. The van der Waals surface area contributed by atoms with Crippen LogP contribution in [-0.4, -0.2) is 53.9 Å². The van der Waals surface area contributed by atoms with Crippen molar-refractivity contribution in [1.82, 2.24) is 14.3 Å². The summed E-state index contributed by atoms with van der Waals surface area (Å²) in [6, 6.07) is 5.86. The van der Waals surface area contributed by atoms with Crippen LogP contribution in [0, 0.1) is 5.92 Å². The van der Waals surface area contributed by atoms with E-state index in [-0.39, 0.29) is 15.7 Å². The molecule has 2 aliphatic heterocycles. The highest BCUT2D eigenvalue weighted by atomic mass is 32.2. The van der Waals surface area contributed by atoms with Crippen LogP contribution in [0.5, 0.6) is 0 Å². The predicted molar refractivity (Wildman–Crippen MR) is 95.2 cm³/mol. The van der Waals surface area contributed by atoms with Gasteiger partial charge in [0.05, 0.1) is 0 Å². The normalized spacial score (nSPS) is 23.0. The summed E-state index contributed by atoms with van der Waals surface area (Å²) in [4.78, 5) is -0.295. The number of hydrogen-bond acceptors (Lipinski definition) is 5. The zero-order valence-corrected chi connectivity index (χ0v) is 15.8. The molecule has 25 heavy (non-hydrogen) atoms. The van der Waals surface area contributed by atoms with Crippen LogP contribution in [-0.2, 0) is 20.0 Å². The SMILES string of the molecule is O=S(=O)(NCC1CCCNC1)c1ccccc1S(=O)(=O)N1CCCC1. The summed E-state index contributed by atoms with van der Waals surface area (Å²) in [7, 11) is -7.68. The Labute approximate surface area is 149 Å². The number of rotatable bonds is 6. The fourth-order valence-electron chi connectivity index (χ4n) is 3.36. The number of piperidine rings is 1. The largest absolute Gasteiger partial charge is 0.316 e. The molecule has 0 aliphatic carbocycles. The highest BCUT2D eigenvalue weighted by Crippen LogP contribution is 2.26. The molecule has 0 aromatic heterocycles. The second kappa shape index (κ2) is 7.71. The summed E-state index contributed by atoms with van der Waals surface area (Å²) in [5, 5.41) is 3.25. The molecule has 1 atom stereocenters. The minimum atomic E-state index is -3.89. The Hall–Kier alpha value is -1.00. The Balaban J connectivity index is 1.83. The maximum absolute atomic E-state index is 12.8. The monoisotopic (exact) mass is 387 g/mol. The fraction of sp³-hybridized carbons (Fsp3) is 0.625. The molecule has 2 saturated heterocycles. The van der Waals surface area contributed by atoms with Gasteiger partial charge >= 0.3 is 0 Å². The number of nitrogens with zero attached hydrogens (tertiary/aromatic N) is 1. The van der Waals surface area contributed by atoms with Crippen molar-refractivity contribution in [2.45, 2.75) is 35.5 Å². The maximum atomic E-state index is 12.8. The molecule has 140 valence electrons. The van der Waals surface area contributed by atoms with Crippen LogP contribution in [0.3, 0.4) is 0 Å². The molecule has 2 heterocycles. The first-order valence-corrected chi connectivity index (χ1v) is 11.6. The Morgan fingerprint density at radius 1 is 1.04 bits per heavy atom. The lowest BCUT2D eigenvalue weighted by atomic mass is 10.0. The first kappa shape index (κ1) is 18.8. The van der Waals surface area contributed by atoms with Crippen LogP contribution in [0.1, 0.15) is 25.7 Å². The number of nitrogens with one attached hydrogen (secondary N) is 2. The van der Waals surface area contributed by atoms with Crippen LogP contribution in [0.25, 0.3) is 0 Å². The van der Waals surface area contributed by atoms with Crippen molar-refractivity contribution in [3.8, 4) is 0 Å². The number of hydrogen-bond donors (Lipinski definition) is 2. The van der Waals surface area contributed by atoms with Crippen LogP contribution in [0.2, 0.25) is 0 Å². The fourth-order valence-corrected chi connectivity index (χ4v) is 6.79. The average Bonchev–Trinajstić information content (AvgIpc) is 3.17. The Morgan fingerprint density at radius 2 is 1.72 bits per heavy atom. The zero-order chi connectivity index (χ0) is 17.9. The van der Waals surface area contributed by atoms with Gasteiger partial charge in [-0.05, 0) is 56.8 Å². The third-order valence-electron chi connectivity index (χ3n) is 4.78. The molecule has 1 unspecified atom stereocenters. The average molecular weight is 388 g/mol. The van der Waals surface area contributed by atoms with Crippen LogP contribution in [0.4, 0.5) is 0 Å². The standard InChI is InChI=1S/C16H25N3O4S2/c20-24(21,18-13-14-6-5-9-17-12-14)15-7-1-2-8-16(15)25(22,23)19-10-3-4-11-19/h1-2,7-8,14,17-18H,3-6,9-13H2. The van der Waals surface area contributed by atoms with Crippen molar-refractivity contribution in [1.29, 1.82) is 0 Å². The minimum Gasteiger partial charge on any atom is -0.316 e. The van der Waals surface area contributed by atoms with Crippen LogP contribution in [0.15, 0.2) is 34.1 Å². The van der Waals surface area contributed by atoms with E-state index in [2.05, 4.69) is 10.0 Å². The molecular weight excluding hydrogens is 362 g/mol. The summed E-state index contributed by atoms with van der Waals surface area (Å²) in [5.41, 5.74) is 0. The van der Waals surface area contributed by atoms with Crippen molar-refractivity contribution in [3.63, 3.8) is 0 Å². The quantitative estimate of drug-likeness (QED) is 0.751. The Morgan fingerprint density at radius 3 is 2.36 bits per heavy atom. The molecule has 3 rings (SSSR count). The molecular formula is C16H25N3O4S2. The van der Waals surface area contributed by atoms with Gasteiger partial charge in [0, 0.05) is 19.6 Å². The highest BCUT2D eigenvalue weighted by molar-refractivity contribution is 7.92. The van der Waals surface area contributed by atoms with E-state index in [1.54, 1.807) is 12.1 Å². The van der Waals surface area contributed by atoms with Gasteiger partial charge in [-0.15, -0.1) is 0 Å². The predicted octanol–water partition coefficient (Wildman–Crippen LogP) is 0.749. The maximum Gasteiger partial charge on any atom is 0.244 e. The van der Waals surface area contributed by atoms with E-state index >= 15 is 0 Å². The van der Waals surface area contributed by atoms with Crippen molar-refractivity contribution < 1.29 is 16.8 Å². The van der Waals surface area contributed by atoms with E-state index in [1.807, 2.05) is 0 Å². The van der Waals surface area contributed by atoms with Crippen molar-refractivity contribution in [2.24, 2.45) is 5.92 Å². The molecule has 2 fully saturated rings. The van der Waals surface area contributed by atoms with Crippen LogP contribution < -0.4 is 10.0 Å². The molecule has 9 heteroatoms. The van der Waals surface area contributed by atoms with Crippen molar-refractivity contribution in [2.75, 3.05) is 32.7 Å². The van der Waals surface area contributed by atoms with E-state index < -0.39 is 20.0 Å². The van der Waals surface area contributed by atoms with Crippen molar-refractivity contribution in [3.05, 3.63) is 24.3 Å². The molecule has 0 amide bonds. The molecule has 2 aliphatic rings. The van der Waals surface area contributed by atoms with Gasteiger partial charge in [0.1, 0.15) is 9.79 Å². The minimum absolute atomic E-state index is 0.133. The summed E-state index contributed by atoms with van der Waals surface area (Å²) in [6.07, 6.45) is 3.59. The van der Waals surface area contributed by atoms with Gasteiger partial charge in [0.25, 0.3) is 0 Å². The van der Waals surface area contributed by atoms with Gasteiger partial charge in [0.2, 0.25) is 20.0 Å². The summed E-state index contributed by atoms with van der Waals surface area (Å²) < 4.78 is 55.1. The second-order valence-corrected chi connectivity index (χ2v) is 10.3. The van der Waals surface area contributed by atoms with Gasteiger partial charge in [-0.3, -0.25) is 0 Å². The molecule has 2 N–H and O–H groups in total. The van der Waals surface area contributed by atoms with Gasteiger partial charge in [-0.1, -0.05) is 12.1 Å². The van der Waals surface area contributed by atoms with Crippen LogP contribution >= 0.6 is 0 Å². The molecule has 1 aromatic carbocycles. The third-order valence-corrected chi connectivity index (χ3v) is 8.35. The topological polar surface area (TPSA) is 95.6 Å². The molecule has 0 spiro atoms. The molecule has 0 radical (unpaired) electrons. The molecule has 0 saturated carbocycles. The lowest BCUT2D eigenvalue weighted by Gasteiger charge is -2.23. The van der Waals surface area contributed by atoms with Gasteiger partial charge < -0.3 is 5.32 Å². The number of sulfonamides is 2. The van der Waals surface area contributed by atoms with E-state index in [9.17, 15) is 16.8 Å². The summed E-state index contributed by atoms with van der Waals surface area (Å²) >= 11 is 0. The van der Waals surface area contributed by atoms with Gasteiger partial charge in [-0.25, -0.2) is 21.6 Å². The Bertz CT molecular complexity index is 796. The molecule has 0 bridgehead atoms. The molecule has 7 nitrogen and oxygen atoms in total. The van der Waals surface area contributed by atoms with E-state index in [0.717, 1.165) is 38.8 Å². The lowest BCUT2D eigenvalue weighted by molar-refractivity contribution is 0.375. The van der Waals surface area contributed by atoms with Crippen molar-refractivity contribution >= 4 is 20.0 Å². The van der Waals surface area contributed by atoms with E-state index in [0.29, 0.717) is 19.6 Å². The smallest absolute Gasteiger partial charge is 0.244 e. The number of benzene rings is 1. The highest BCUT2D eigenvalue weighted by Gasteiger charge is 2.32. The second-order valence-electron chi connectivity index (χ2n) is 6.62. The first-order valence-electron chi connectivity index (χ1n) is 8.71. The van der Waals surface area contributed by atoms with E-state index in [4.69, 9.17) is 0 Å². The first-order chi connectivity index (χ1) is 11.9. The third kappa shape index (κ3) is 4.22. The summed E-state index contributed by atoms with van der Waals surface area (Å²) in [5.74, 6) is 0.228.